The van der Waals surface area contributed by atoms with E-state index < -0.39 is 5.97 Å². The second-order valence-corrected chi connectivity index (χ2v) is 3.29. The molecule has 88 valence electrons. The molecule has 0 spiro atoms. The standard InChI is InChI=1S/C12H10O5/c1-15-12(14)5-3-9(13)8-2-4-10-11(6-8)17-7-16-10/h2-6H,7H2,1H3/b5-3+. The van der Waals surface area contributed by atoms with Gasteiger partial charge in [0.1, 0.15) is 0 Å². The average Bonchev–Trinajstić information content (AvgIpc) is 2.82. The van der Waals surface area contributed by atoms with Crippen LogP contribution in [0, 0.1) is 0 Å². The van der Waals surface area contributed by atoms with Crippen LogP contribution in [0.4, 0.5) is 0 Å². The number of ether oxygens (including phenoxy) is 3. The van der Waals surface area contributed by atoms with Crippen molar-refractivity contribution in [1.29, 1.82) is 0 Å². The predicted octanol–water partition coefficient (Wildman–Crippen LogP) is 1.33. The number of fused-ring (bicyclic) bond motifs is 1. The van der Waals surface area contributed by atoms with Gasteiger partial charge in [0, 0.05) is 11.6 Å². The molecule has 2 rings (SSSR count). The summed E-state index contributed by atoms with van der Waals surface area (Å²) in [7, 11) is 1.25. The predicted molar refractivity (Wildman–Crippen MR) is 58.1 cm³/mol. The fourth-order valence-electron chi connectivity index (χ4n) is 1.36. The van der Waals surface area contributed by atoms with Gasteiger partial charge in [-0.2, -0.15) is 0 Å². The third kappa shape index (κ3) is 2.44. The third-order valence-corrected chi connectivity index (χ3v) is 2.23. The Labute approximate surface area is 97.6 Å². The van der Waals surface area contributed by atoms with Crippen LogP contribution in [-0.2, 0) is 9.53 Å². The molecule has 1 aliphatic heterocycles. The smallest absolute Gasteiger partial charge is 0.330 e. The van der Waals surface area contributed by atoms with Crippen molar-refractivity contribution in [3.05, 3.63) is 35.9 Å². The molecule has 0 atom stereocenters. The summed E-state index contributed by atoms with van der Waals surface area (Å²) in [4.78, 5) is 22.5. The molecule has 0 aromatic heterocycles. The minimum atomic E-state index is -0.570. The average molecular weight is 234 g/mol. The van der Waals surface area contributed by atoms with Gasteiger partial charge in [-0.05, 0) is 24.3 Å². The highest BCUT2D eigenvalue weighted by Crippen LogP contribution is 2.32. The highest BCUT2D eigenvalue weighted by Gasteiger charge is 2.15. The normalized spacial score (nSPS) is 12.8. The van der Waals surface area contributed by atoms with Gasteiger partial charge < -0.3 is 14.2 Å². The maximum atomic E-state index is 11.7. The minimum absolute atomic E-state index is 0.158. The van der Waals surface area contributed by atoms with Crippen molar-refractivity contribution < 1.29 is 23.8 Å². The lowest BCUT2D eigenvalue weighted by atomic mass is 10.1. The van der Waals surface area contributed by atoms with Gasteiger partial charge in [-0.15, -0.1) is 0 Å². The van der Waals surface area contributed by atoms with Crippen LogP contribution in [0.25, 0.3) is 0 Å². The van der Waals surface area contributed by atoms with Crippen molar-refractivity contribution in [2.75, 3.05) is 13.9 Å². The van der Waals surface area contributed by atoms with Gasteiger partial charge in [-0.3, -0.25) is 4.79 Å². The largest absolute Gasteiger partial charge is 0.466 e. The number of methoxy groups -OCH3 is 1. The summed E-state index contributed by atoms with van der Waals surface area (Å²) >= 11 is 0. The van der Waals surface area contributed by atoms with Crippen molar-refractivity contribution in [3.63, 3.8) is 0 Å². The van der Waals surface area contributed by atoms with E-state index in [0.29, 0.717) is 17.1 Å². The Morgan fingerprint density at radius 2 is 2.00 bits per heavy atom. The van der Waals surface area contributed by atoms with Crippen molar-refractivity contribution in [1.82, 2.24) is 0 Å². The molecule has 0 amide bonds. The molecular weight excluding hydrogens is 224 g/mol. The molecule has 1 aromatic carbocycles. The summed E-state index contributed by atoms with van der Waals surface area (Å²) < 4.78 is 14.7. The van der Waals surface area contributed by atoms with E-state index in [9.17, 15) is 9.59 Å². The number of ketones is 1. The lowest BCUT2D eigenvalue weighted by Gasteiger charge is -1.98. The van der Waals surface area contributed by atoms with Crippen LogP contribution in [0.1, 0.15) is 10.4 Å². The molecule has 1 heterocycles. The quantitative estimate of drug-likeness (QED) is 0.448. The number of hydrogen-bond acceptors (Lipinski definition) is 5. The molecule has 0 saturated carbocycles. The zero-order valence-corrected chi connectivity index (χ0v) is 9.14. The summed E-state index contributed by atoms with van der Waals surface area (Å²) in [6, 6.07) is 4.84. The zero-order valence-electron chi connectivity index (χ0n) is 9.14. The molecule has 5 nitrogen and oxygen atoms in total. The van der Waals surface area contributed by atoms with E-state index >= 15 is 0 Å². The zero-order chi connectivity index (χ0) is 12.3. The van der Waals surface area contributed by atoms with Gasteiger partial charge in [-0.25, -0.2) is 4.79 Å². The Balaban J connectivity index is 2.15. The number of allylic oxidation sites excluding steroid dienone is 1. The lowest BCUT2D eigenvalue weighted by Crippen LogP contribution is -1.98. The van der Waals surface area contributed by atoms with Crippen molar-refractivity contribution in [2.45, 2.75) is 0 Å². The summed E-state index contributed by atoms with van der Waals surface area (Å²) in [5, 5.41) is 0. The molecule has 0 radical (unpaired) electrons. The van der Waals surface area contributed by atoms with Crippen LogP contribution in [0.5, 0.6) is 11.5 Å². The summed E-state index contributed by atoms with van der Waals surface area (Å²) in [6.07, 6.45) is 2.23. The molecule has 0 aliphatic carbocycles. The van der Waals surface area contributed by atoms with Gasteiger partial charge in [0.2, 0.25) is 6.79 Å². The molecule has 1 aromatic rings. The third-order valence-electron chi connectivity index (χ3n) is 2.23. The van der Waals surface area contributed by atoms with E-state index in [0.717, 1.165) is 12.2 Å². The Morgan fingerprint density at radius 3 is 2.76 bits per heavy atom. The number of hydrogen-bond donors (Lipinski definition) is 0. The van der Waals surface area contributed by atoms with Crippen molar-refractivity contribution in [3.8, 4) is 11.5 Å². The molecule has 0 bridgehead atoms. The van der Waals surface area contributed by atoms with Crippen LogP contribution in [0.2, 0.25) is 0 Å². The van der Waals surface area contributed by atoms with Crippen LogP contribution < -0.4 is 9.47 Å². The van der Waals surface area contributed by atoms with Crippen LogP contribution in [0.15, 0.2) is 30.4 Å². The second kappa shape index (κ2) is 4.69. The summed E-state index contributed by atoms with van der Waals surface area (Å²) in [5.74, 6) is 0.272. The fraction of sp³-hybridized carbons (Fsp3) is 0.167. The number of esters is 1. The van der Waals surface area contributed by atoms with Gasteiger partial charge in [0.25, 0.3) is 0 Å². The van der Waals surface area contributed by atoms with Gasteiger partial charge >= 0.3 is 5.97 Å². The monoisotopic (exact) mass is 234 g/mol. The van der Waals surface area contributed by atoms with Crippen LogP contribution in [-0.4, -0.2) is 25.7 Å². The van der Waals surface area contributed by atoms with Crippen LogP contribution >= 0.6 is 0 Å². The van der Waals surface area contributed by atoms with E-state index in [2.05, 4.69) is 4.74 Å². The number of carbonyl (C=O) groups excluding carboxylic acids is 2. The SMILES string of the molecule is COC(=O)/C=C/C(=O)c1ccc2c(c1)OCO2. The first kappa shape index (κ1) is 11.2. The Hall–Kier alpha value is -2.30. The Kier molecular flexibility index (Phi) is 3.09. The van der Waals surface area contributed by atoms with E-state index in [-0.39, 0.29) is 12.6 Å². The molecule has 0 fully saturated rings. The number of rotatable bonds is 3. The topological polar surface area (TPSA) is 61.8 Å². The molecule has 0 N–H and O–H groups in total. The molecular formula is C12H10O5. The highest BCUT2D eigenvalue weighted by molar-refractivity contribution is 6.07. The lowest BCUT2D eigenvalue weighted by molar-refractivity contribution is -0.134. The molecule has 17 heavy (non-hydrogen) atoms. The minimum Gasteiger partial charge on any atom is -0.466 e. The maximum Gasteiger partial charge on any atom is 0.330 e. The number of carbonyl (C=O) groups is 2. The van der Waals surface area contributed by atoms with Gasteiger partial charge in [-0.1, -0.05) is 0 Å². The molecule has 5 heteroatoms. The van der Waals surface area contributed by atoms with E-state index in [1.807, 2.05) is 0 Å². The second-order valence-electron chi connectivity index (χ2n) is 3.29. The Morgan fingerprint density at radius 1 is 1.24 bits per heavy atom. The van der Waals surface area contributed by atoms with Gasteiger partial charge in [0.05, 0.1) is 7.11 Å². The highest BCUT2D eigenvalue weighted by atomic mass is 16.7. The summed E-state index contributed by atoms with van der Waals surface area (Å²) in [6.45, 7) is 0.158. The first-order valence-corrected chi connectivity index (χ1v) is 4.90. The van der Waals surface area contributed by atoms with Crippen molar-refractivity contribution >= 4 is 11.8 Å². The van der Waals surface area contributed by atoms with E-state index in [1.165, 1.54) is 7.11 Å². The first-order chi connectivity index (χ1) is 8.20. The Bertz CT molecular complexity index is 490. The maximum absolute atomic E-state index is 11.7. The first-order valence-electron chi connectivity index (χ1n) is 4.90. The van der Waals surface area contributed by atoms with Crippen molar-refractivity contribution in [2.24, 2.45) is 0 Å². The molecule has 0 saturated heterocycles. The van der Waals surface area contributed by atoms with Gasteiger partial charge in [0.15, 0.2) is 17.3 Å². The van der Waals surface area contributed by atoms with Crippen LogP contribution in [0.3, 0.4) is 0 Å². The summed E-state index contributed by atoms with van der Waals surface area (Å²) in [5.41, 5.74) is 0.425. The van der Waals surface area contributed by atoms with E-state index in [4.69, 9.17) is 9.47 Å². The number of benzene rings is 1. The van der Waals surface area contributed by atoms with E-state index in [1.54, 1.807) is 18.2 Å². The molecule has 1 aliphatic rings. The fourth-order valence-corrected chi connectivity index (χ4v) is 1.36. The molecule has 0 unspecified atom stereocenters.